The minimum atomic E-state index is 0.604. The maximum Gasteiger partial charge on any atom is -0.0175 e. The first-order valence-electron chi connectivity index (χ1n) is 6.60. The molecule has 0 aliphatic heterocycles. The monoisotopic (exact) mass is 274 g/mol. The van der Waals surface area contributed by atoms with Crippen molar-refractivity contribution >= 4 is 29.8 Å². The van der Waals surface area contributed by atoms with Gasteiger partial charge in [-0.15, -0.1) is 0 Å². The largest absolute Gasteiger partial charge is 0.333 e. The molecule has 2 rings (SSSR count). The van der Waals surface area contributed by atoms with Gasteiger partial charge in [0, 0.05) is 0 Å². The molecule has 0 atom stereocenters. The number of rotatable bonds is 3. The fourth-order valence-corrected chi connectivity index (χ4v) is 1.94. The number of hydrogen-bond donors (Lipinski definition) is 2. The normalized spacial score (nSPS) is 10.8. The Morgan fingerprint density at radius 1 is 1.05 bits per heavy atom. The standard InChI is InChI=1S/C17H20.H2OS/c1-4-14-7-9-16-10-8-15(6-5-13(2)3)12-17(16)11-14;1-2/h5-13H,4H2,1-3H3;1-2H/b6-5+;. The SMILES string of the molecule is CCc1ccc2ccc(/C=C/C(C)C)cc2c1.OS. The zero-order valence-corrected chi connectivity index (χ0v) is 12.7. The van der Waals surface area contributed by atoms with Crippen molar-refractivity contribution in [1.29, 1.82) is 0 Å². The van der Waals surface area contributed by atoms with Crippen LogP contribution in [0, 0.1) is 5.92 Å². The Hall–Kier alpha value is -1.25. The summed E-state index contributed by atoms with van der Waals surface area (Å²) >= 11 is 2.53. The van der Waals surface area contributed by atoms with Crippen molar-refractivity contribution in [2.75, 3.05) is 0 Å². The van der Waals surface area contributed by atoms with Crippen molar-refractivity contribution in [3.63, 3.8) is 0 Å². The summed E-state index contributed by atoms with van der Waals surface area (Å²) in [5.74, 6) is 0.604. The first-order chi connectivity index (χ1) is 9.19. The Morgan fingerprint density at radius 3 is 2.37 bits per heavy atom. The highest BCUT2D eigenvalue weighted by atomic mass is 32.1. The topological polar surface area (TPSA) is 20.2 Å². The molecule has 0 aliphatic carbocycles. The number of thiol groups is 1. The second-order valence-corrected chi connectivity index (χ2v) is 4.90. The fourth-order valence-electron chi connectivity index (χ4n) is 1.94. The third kappa shape index (κ3) is 4.73. The lowest BCUT2D eigenvalue weighted by Crippen LogP contribution is -1.82. The van der Waals surface area contributed by atoms with E-state index in [4.69, 9.17) is 4.55 Å². The highest BCUT2D eigenvalue weighted by Crippen LogP contribution is 2.19. The molecule has 2 heteroatoms. The van der Waals surface area contributed by atoms with Gasteiger partial charge in [0.15, 0.2) is 0 Å². The molecular weight excluding hydrogens is 252 g/mol. The first-order valence-corrected chi connectivity index (χ1v) is 7.00. The molecule has 0 fully saturated rings. The van der Waals surface area contributed by atoms with E-state index in [0.717, 1.165) is 6.42 Å². The highest BCUT2D eigenvalue weighted by Gasteiger charge is 1.96. The van der Waals surface area contributed by atoms with Crippen molar-refractivity contribution < 1.29 is 4.55 Å². The van der Waals surface area contributed by atoms with Crippen LogP contribution >= 0.6 is 12.9 Å². The van der Waals surface area contributed by atoms with Gasteiger partial charge in [0.1, 0.15) is 0 Å². The number of benzene rings is 2. The molecule has 0 aromatic heterocycles. The van der Waals surface area contributed by atoms with Gasteiger partial charge in [-0.1, -0.05) is 63.3 Å². The Labute approximate surface area is 121 Å². The summed E-state index contributed by atoms with van der Waals surface area (Å²) in [6.07, 6.45) is 5.55. The number of aryl methyl sites for hydroxylation is 1. The van der Waals surface area contributed by atoms with Gasteiger partial charge >= 0.3 is 0 Å². The van der Waals surface area contributed by atoms with Crippen LogP contribution in [-0.2, 0) is 6.42 Å². The average molecular weight is 274 g/mol. The van der Waals surface area contributed by atoms with Gasteiger partial charge in [-0.2, -0.15) is 0 Å². The highest BCUT2D eigenvalue weighted by molar-refractivity contribution is 7.74. The van der Waals surface area contributed by atoms with Crippen molar-refractivity contribution in [3.05, 3.63) is 53.6 Å². The van der Waals surface area contributed by atoms with E-state index in [1.54, 1.807) is 0 Å². The second-order valence-electron chi connectivity index (χ2n) is 4.90. The van der Waals surface area contributed by atoms with Crippen LogP contribution in [0.2, 0.25) is 0 Å². The molecule has 0 aliphatic rings. The second kappa shape index (κ2) is 8.03. The minimum Gasteiger partial charge on any atom is -0.333 e. The van der Waals surface area contributed by atoms with E-state index in [0.29, 0.717) is 5.92 Å². The Morgan fingerprint density at radius 2 is 1.74 bits per heavy atom. The van der Waals surface area contributed by atoms with E-state index in [9.17, 15) is 0 Å². The molecule has 2 aromatic carbocycles. The van der Waals surface area contributed by atoms with E-state index >= 15 is 0 Å². The molecule has 0 radical (unpaired) electrons. The summed E-state index contributed by atoms with van der Waals surface area (Å²) in [7, 11) is 0. The van der Waals surface area contributed by atoms with Crippen LogP contribution in [0.15, 0.2) is 42.5 Å². The van der Waals surface area contributed by atoms with Crippen molar-refractivity contribution in [2.45, 2.75) is 27.2 Å². The molecule has 0 unspecified atom stereocenters. The summed E-state index contributed by atoms with van der Waals surface area (Å²) in [5.41, 5.74) is 2.70. The molecular formula is C17H22OS. The van der Waals surface area contributed by atoms with E-state index in [1.807, 2.05) is 0 Å². The Kier molecular flexibility index (Phi) is 6.68. The molecule has 0 saturated carbocycles. The van der Waals surface area contributed by atoms with Crippen molar-refractivity contribution in [2.24, 2.45) is 5.92 Å². The third-order valence-corrected chi connectivity index (χ3v) is 3.01. The van der Waals surface area contributed by atoms with Gasteiger partial charge in [0.05, 0.1) is 0 Å². The van der Waals surface area contributed by atoms with Crippen LogP contribution in [0.1, 0.15) is 31.9 Å². The molecule has 102 valence electrons. The first kappa shape index (κ1) is 15.8. The predicted molar refractivity (Wildman–Crippen MR) is 88.8 cm³/mol. The molecule has 1 N–H and O–H groups in total. The molecule has 19 heavy (non-hydrogen) atoms. The van der Waals surface area contributed by atoms with Crippen LogP contribution < -0.4 is 0 Å². The van der Waals surface area contributed by atoms with E-state index < -0.39 is 0 Å². The van der Waals surface area contributed by atoms with Gasteiger partial charge in [-0.05, 0) is 53.2 Å². The van der Waals surface area contributed by atoms with Gasteiger partial charge in [-0.25, -0.2) is 0 Å². The Bertz CT molecular complexity index is 544. The van der Waals surface area contributed by atoms with Gasteiger partial charge < -0.3 is 4.55 Å². The number of allylic oxidation sites excluding steroid dienone is 1. The van der Waals surface area contributed by atoms with Gasteiger partial charge in [0.25, 0.3) is 0 Å². The lowest BCUT2D eigenvalue weighted by Gasteiger charge is -2.03. The van der Waals surface area contributed by atoms with Gasteiger partial charge in [0.2, 0.25) is 0 Å². The summed E-state index contributed by atoms with van der Waals surface area (Å²) in [6.45, 7) is 6.60. The zero-order valence-electron chi connectivity index (χ0n) is 11.8. The smallest absolute Gasteiger partial charge is 0.0175 e. The molecule has 0 heterocycles. The summed E-state index contributed by atoms with van der Waals surface area (Å²) in [4.78, 5) is 0. The fraction of sp³-hybridized carbons (Fsp3) is 0.294. The van der Waals surface area contributed by atoms with Crippen LogP contribution in [0.4, 0.5) is 0 Å². The van der Waals surface area contributed by atoms with Crippen LogP contribution in [-0.4, -0.2) is 4.55 Å². The predicted octanol–water partition coefficient (Wildman–Crippen LogP) is 5.46. The molecule has 1 nitrogen and oxygen atoms in total. The molecule has 0 spiro atoms. The average Bonchev–Trinajstić information content (AvgIpc) is 2.46. The number of hydrogen-bond acceptors (Lipinski definition) is 2. The van der Waals surface area contributed by atoms with E-state index in [2.05, 4.69) is 82.2 Å². The third-order valence-electron chi connectivity index (χ3n) is 3.01. The maximum atomic E-state index is 6.69. The van der Waals surface area contributed by atoms with Crippen molar-refractivity contribution in [3.8, 4) is 0 Å². The minimum absolute atomic E-state index is 0.604. The van der Waals surface area contributed by atoms with Gasteiger partial charge in [-0.3, -0.25) is 0 Å². The lowest BCUT2D eigenvalue weighted by atomic mass is 10.0. The number of fused-ring (bicyclic) bond motifs is 1. The summed E-state index contributed by atoms with van der Waals surface area (Å²) < 4.78 is 6.69. The maximum absolute atomic E-state index is 6.69. The van der Waals surface area contributed by atoms with E-state index in [1.165, 1.54) is 21.9 Å². The van der Waals surface area contributed by atoms with Crippen LogP contribution in [0.25, 0.3) is 16.8 Å². The summed E-state index contributed by atoms with van der Waals surface area (Å²) in [6, 6.07) is 13.4. The lowest BCUT2D eigenvalue weighted by molar-refractivity contribution is 0.679. The summed E-state index contributed by atoms with van der Waals surface area (Å²) in [5, 5.41) is 2.67. The quantitative estimate of drug-likeness (QED) is 0.562. The van der Waals surface area contributed by atoms with Crippen LogP contribution in [0.5, 0.6) is 0 Å². The zero-order chi connectivity index (χ0) is 14.3. The van der Waals surface area contributed by atoms with Crippen molar-refractivity contribution in [1.82, 2.24) is 0 Å². The molecule has 0 bridgehead atoms. The Balaban J connectivity index is 0.000000861. The van der Waals surface area contributed by atoms with E-state index in [-0.39, 0.29) is 0 Å². The molecule has 0 saturated heterocycles. The molecule has 0 amide bonds. The van der Waals surface area contributed by atoms with Crippen LogP contribution in [0.3, 0.4) is 0 Å². The molecule has 2 aromatic rings.